The fraction of sp³-hybridized carbons (Fsp3) is 0.379. The van der Waals surface area contributed by atoms with Crippen LogP contribution in [0.2, 0.25) is 0 Å². The van der Waals surface area contributed by atoms with Gasteiger partial charge in [-0.1, -0.05) is 46.6 Å². The van der Waals surface area contributed by atoms with E-state index in [0.717, 1.165) is 33.5 Å². The molecule has 0 radical (unpaired) electrons. The standard InChI is InChI=1S/C29H35N3O4S/c1-18-9-11-26(22(5)14-18)30-29(33)24-8-7-13-32(17-24)37(34,35)28-23(6)31-36-27(28)12-10-25-20(3)15-19(2)16-21(25)4/h9-12,14-16,24H,7-8,13,17H2,1-6H3,(H,30,33)/b12-10+/t24-/m1/s1. The van der Waals surface area contributed by atoms with Crippen LogP contribution in [0.15, 0.2) is 39.8 Å². The molecular formula is C29H35N3O4S. The van der Waals surface area contributed by atoms with Gasteiger partial charge in [-0.3, -0.25) is 4.79 Å². The monoisotopic (exact) mass is 521 g/mol. The van der Waals surface area contributed by atoms with E-state index in [1.165, 1.54) is 9.87 Å². The van der Waals surface area contributed by atoms with Crippen LogP contribution in [-0.4, -0.2) is 36.9 Å². The summed E-state index contributed by atoms with van der Waals surface area (Å²) in [6.45, 7) is 12.1. The predicted octanol–water partition coefficient (Wildman–Crippen LogP) is 5.73. The Labute approximate surface area is 219 Å². The number of amides is 1. The average Bonchev–Trinajstić information content (AvgIpc) is 3.21. The van der Waals surface area contributed by atoms with Gasteiger partial charge in [-0.25, -0.2) is 8.42 Å². The summed E-state index contributed by atoms with van der Waals surface area (Å²) in [5.74, 6) is -0.417. The summed E-state index contributed by atoms with van der Waals surface area (Å²) in [4.78, 5) is 13.1. The van der Waals surface area contributed by atoms with Crippen LogP contribution in [0.3, 0.4) is 0 Å². The highest BCUT2D eigenvalue weighted by molar-refractivity contribution is 7.89. The number of piperidine rings is 1. The van der Waals surface area contributed by atoms with E-state index >= 15 is 0 Å². The molecule has 1 aliphatic heterocycles. The van der Waals surface area contributed by atoms with Crippen LogP contribution < -0.4 is 5.32 Å². The Morgan fingerprint density at radius 1 is 1.00 bits per heavy atom. The van der Waals surface area contributed by atoms with Crippen molar-refractivity contribution < 1.29 is 17.7 Å². The number of anilines is 1. The second-order valence-electron chi connectivity index (χ2n) is 10.1. The van der Waals surface area contributed by atoms with Gasteiger partial charge in [0, 0.05) is 18.8 Å². The van der Waals surface area contributed by atoms with Crippen molar-refractivity contribution in [3.63, 3.8) is 0 Å². The molecule has 7 nitrogen and oxygen atoms in total. The number of carbonyl (C=O) groups is 1. The summed E-state index contributed by atoms with van der Waals surface area (Å²) in [6.07, 6.45) is 4.77. The van der Waals surface area contributed by atoms with Crippen LogP contribution in [0.25, 0.3) is 12.2 Å². The van der Waals surface area contributed by atoms with Crippen molar-refractivity contribution in [2.75, 3.05) is 18.4 Å². The molecule has 8 heteroatoms. The highest BCUT2D eigenvalue weighted by Crippen LogP contribution is 2.30. The topological polar surface area (TPSA) is 92.5 Å². The Kier molecular flexibility index (Phi) is 7.71. The summed E-state index contributed by atoms with van der Waals surface area (Å²) in [7, 11) is -3.92. The molecule has 1 saturated heterocycles. The fourth-order valence-electron chi connectivity index (χ4n) is 5.10. The Bertz CT molecular complexity index is 1450. The first-order chi connectivity index (χ1) is 17.5. The number of hydrogen-bond acceptors (Lipinski definition) is 5. The maximum atomic E-state index is 13.8. The zero-order chi connectivity index (χ0) is 26.9. The molecule has 4 rings (SSSR count). The van der Waals surface area contributed by atoms with Crippen molar-refractivity contribution in [1.29, 1.82) is 0 Å². The summed E-state index contributed by atoms with van der Waals surface area (Å²) in [5, 5.41) is 6.95. The van der Waals surface area contributed by atoms with Gasteiger partial charge in [0.05, 0.1) is 5.92 Å². The second-order valence-corrected chi connectivity index (χ2v) is 12.0. The lowest BCUT2D eigenvalue weighted by Crippen LogP contribution is -2.44. The molecule has 1 fully saturated rings. The largest absolute Gasteiger partial charge is 0.355 e. The number of aryl methyl sites for hydroxylation is 6. The molecule has 0 saturated carbocycles. The lowest BCUT2D eigenvalue weighted by Gasteiger charge is -2.31. The number of hydrogen-bond donors (Lipinski definition) is 1. The third-order valence-electron chi connectivity index (χ3n) is 6.97. The van der Waals surface area contributed by atoms with E-state index in [1.54, 1.807) is 13.0 Å². The molecule has 0 spiro atoms. The van der Waals surface area contributed by atoms with Gasteiger partial charge >= 0.3 is 0 Å². The average molecular weight is 522 g/mol. The second kappa shape index (κ2) is 10.6. The van der Waals surface area contributed by atoms with Crippen LogP contribution in [-0.2, 0) is 14.8 Å². The van der Waals surface area contributed by atoms with Crippen molar-refractivity contribution in [3.05, 3.63) is 75.2 Å². The Hall–Kier alpha value is -3.23. The zero-order valence-electron chi connectivity index (χ0n) is 22.4. The molecule has 0 aliphatic carbocycles. The molecular weight excluding hydrogens is 486 g/mol. The number of nitrogens with one attached hydrogen (secondary N) is 1. The minimum atomic E-state index is -3.92. The zero-order valence-corrected chi connectivity index (χ0v) is 23.2. The molecule has 1 aromatic heterocycles. The van der Waals surface area contributed by atoms with Gasteiger partial charge in [0.15, 0.2) is 10.7 Å². The lowest BCUT2D eigenvalue weighted by molar-refractivity contribution is -0.120. The molecule has 2 heterocycles. The van der Waals surface area contributed by atoms with Gasteiger partial charge < -0.3 is 9.84 Å². The molecule has 1 N–H and O–H groups in total. The third-order valence-corrected chi connectivity index (χ3v) is 8.99. The molecule has 0 unspecified atom stereocenters. The van der Waals surface area contributed by atoms with Crippen LogP contribution in [0.1, 0.15) is 57.7 Å². The van der Waals surface area contributed by atoms with E-state index in [9.17, 15) is 13.2 Å². The van der Waals surface area contributed by atoms with Gasteiger partial charge in [0.2, 0.25) is 15.9 Å². The SMILES string of the molecule is Cc1ccc(NC(=O)[C@@H]2CCCN(S(=O)(=O)c3c(C)noc3/C=C/c3c(C)cc(C)cc3C)C2)c(C)c1. The van der Waals surface area contributed by atoms with Gasteiger partial charge in [-0.2, -0.15) is 4.31 Å². The van der Waals surface area contributed by atoms with Gasteiger partial charge in [0.25, 0.3) is 0 Å². The lowest BCUT2D eigenvalue weighted by atomic mass is 9.98. The molecule has 1 atom stereocenters. The smallest absolute Gasteiger partial charge is 0.248 e. The first kappa shape index (κ1) is 26.8. The Morgan fingerprint density at radius 2 is 1.68 bits per heavy atom. The first-order valence-corrected chi connectivity index (χ1v) is 14.0. The van der Waals surface area contributed by atoms with Crippen molar-refractivity contribution >= 4 is 33.8 Å². The summed E-state index contributed by atoms with van der Waals surface area (Å²) >= 11 is 0. The maximum Gasteiger partial charge on any atom is 0.248 e. The fourth-order valence-corrected chi connectivity index (χ4v) is 6.88. The molecule has 2 aromatic carbocycles. The van der Waals surface area contributed by atoms with Crippen molar-refractivity contribution in [1.82, 2.24) is 9.46 Å². The number of aromatic nitrogens is 1. The van der Waals surface area contributed by atoms with Crippen LogP contribution in [0.4, 0.5) is 5.69 Å². The minimum Gasteiger partial charge on any atom is -0.355 e. The quantitative estimate of drug-likeness (QED) is 0.447. The molecule has 1 aliphatic rings. The first-order valence-electron chi connectivity index (χ1n) is 12.6. The highest BCUT2D eigenvalue weighted by atomic mass is 32.2. The van der Waals surface area contributed by atoms with Crippen molar-refractivity contribution in [2.24, 2.45) is 5.92 Å². The summed E-state index contributed by atoms with van der Waals surface area (Å²) < 4.78 is 34.4. The third kappa shape index (κ3) is 5.70. The molecule has 0 bridgehead atoms. The van der Waals surface area contributed by atoms with Gasteiger partial charge in [-0.05, 0) is 88.8 Å². The normalized spacial score (nSPS) is 16.9. The summed E-state index contributed by atoms with van der Waals surface area (Å²) in [6, 6.07) is 10.0. The molecule has 196 valence electrons. The predicted molar refractivity (Wildman–Crippen MR) is 147 cm³/mol. The number of sulfonamides is 1. The number of benzene rings is 2. The maximum absolute atomic E-state index is 13.8. The van der Waals surface area contributed by atoms with Crippen LogP contribution in [0.5, 0.6) is 0 Å². The molecule has 3 aromatic rings. The molecule has 37 heavy (non-hydrogen) atoms. The Balaban J connectivity index is 1.56. The minimum absolute atomic E-state index is 0.0570. The van der Waals surface area contributed by atoms with E-state index in [1.807, 2.05) is 58.9 Å². The number of carbonyl (C=O) groups excluding carboxylic acids is 1. The molecule has 1 amide bonds. The van der Waals surface area contributed by atoms with E-state index in [2.05, 4.69) is 22.6 Å². The van der Waals surface area contributed by atoms with E-state index in [-0.39, 0.29) is 23.1 Å². The Morgan fingerprint density at radius 3 is 2.35 bits per heavy atom. The number of nitrogens with zero attached hydrogens (tertiary/aromatic N) is 2. The van der Waals surface area contributed by atoms with Gasteiger partial charge in [-0.15, -0.1) is 0 Å². The van der Waals surface area contributed by atoms with E-state index in [0.29, 0.717) is 25.1 Å². The van der Waals surface area contributed by atoms with E-state index < -0.39 is 15.9 Å². The van der Waals surface area contributed by atoms with E-state index in [4.69, 9.17) is 4.52 Å². The number of rotatable bonds is 6. The highest BCUT2D eigenvalue weighted by Gasteiger charge is 2.37. The van der Waals surface area contributed by atoms with Crippen LogP contribution >= 0.6 is 0 Å². The van der Waals surface area contributed by atoms with Crippen molar-refractivity contribution in [3.8, 4) is 0 Å². The van der Waals surface area contributed by atoms with Gasteiger partial charge in [0.1, 0.15) is 5.69 Å². The summed E-state index contributed by atoms with van der Waals surface area (Å²) in [5.41, 5.74) is 7.54. The van der Waals surface area contributed by atoms with Crippen LogP contribution in [0, 0.1) is 47.5 Å². The van der Waals surface area contributed by atoms with Crippen molar-refractivity contribution in [2.45, 2.75) is 59.3 Å².